The fourth-order valence-electron chi connectivity index (χ4n) is 2.87. The van der Waals surface area contributed by atoms with Crippen LogP contribution in [0.25, 0.3) is 10.9 Å². The highest BCUT2D eigenvalue weighted by atomic mass is 19.1. The van der Waals surface area contributed by atoms with Crippen molar-refractivity contribution in [1.82, 2.24) is 10.4 Å². The van der Waals surface area contributed by atoms with Crippen LogP contribution in [0.15, 0.2) is 84.0 Å². The number of aromatic amines is 1. The number of fused-ring (bicyclic) bond motifs is 1. The highest BCUT2D eigenvalue weighted by molar-refractivity contribution is 6.13. The van der Waals surface area contributed by atoms with Gasteiger partial charge in [-0.2, -0.15) is 5.10 Å². The molecule has 4 nitrogen and oxygen atoms in total. The van der Waals surface area contributed by atoms with Gasteiger partial charge in [0.05, 0.1) is 5.71 Å². The van der Waals surface area contributed by atoms with Crippen LogP contribution in [0.1, 0.15) is 21.6 Å². The summed E-state index contributed by atoms with van der Waals surface area (Å²) in [6.07, 6.45) is 0. The van der Waals surface area contributed by atoms with E-state index >= 15 is 0 Å². The second kappa shape index (κ2) is 7.44. The van der Waals surface area contributed by atoms with Gasteiger partial charge in [-0.05, 0) is 60.7 Å². The molecule has 4 rings (SSSR count). The number of hydrogen-bond acceptors (Lipinski definition) is 2. The summed E-state index contributed by atoms with van der Waals surface area (Å²) >= 11 is 0. The molecule has 28 heavy (non-hydrogen) atoms. The molecule has 4 aromatic rings. The summed E-state index contributed by atoms with van der Waals surface area (Å²) in [5, 5.41) is 5.13. The van der Waals surface area contributed by atoms with Gasteiger partial charge in [0.1, 0.15) is 17.3 Å². The van der Waals surface area contributed by atoms with Gasteiger partial charge in [0.25, 0.3) is 5.91 Å². The number of carbonyl (C=O) groups is 1. The smallest absolute Gasteiger partial charge is 0.287 e. The number of nitrogens with zero attached hydrogens (tertiary/aromatic N) is 1. The number of H-pyrrole nitrogens is 1. The Hall–Kier alpha value is -3.80. The highest BCUT2D eigenvalue weighted by Crippen LogP contribution is 2.15. The summed E-state index contributed by atoms with van der Waals surface area (Å²) in [6, 6.07) is 20.7. The zero-order chi connectivity index (χ0) is 19.5. The van der Waals surface area contributed by atoms with Crippen LogP contribution in [0, 0.1) is 11.6 Å². The third-order valence-corrected chi connectivity index (χ3v) is 4.28. The molecule has 0 atom stereocenters. The van der Waals surface area contributed by atoms with Gasteiger partial charge >= 0.3 is 0 Å². The van der Waals surface area contributed by atoms with Crippen molar-refractivity contribution in [3.63, 3.8) is 0 Å². The van der Waals surface area contributed by atoms with Gasteiger partial charge < -0.3 is 4.98 Å². The zero-order valence-corrected chi connectivity index (χ0v) is 14.6. The van der Waals surface area contributed by atoms with Crippen molar-refractivity contribution in [3.05, 3.63) is 107 Å². The van der Waals surface area contributed by atoms with Crippen LogP contribution in [0.3, 0.4) is 0 Å². The largest absolute Gasteiger partial charge is 0.350 e. The number of amides is 1. The zero-order valence-electron chi connectivity index (χ0n) is 14.6. The van der Waals surface area contributed by atoms with Crippen molar-refractivity contribution in [3.8, 4) is 0 Å². The average Bonchev–Trinajstić information content (AvgIpc) is 3.15. The average molecular weight is 375 g/mol. The van der Waals surface area contributed by atoms with E-state index < -0.39 is 5.91 Å². The number of nitrogens with one attached hydrogen (secondary N) is 2. The monoisotopic (exact) mass is 375 g/mol. The maximum atomic E-state index is 13.3. The Kier molecular flexibility index (Phi) is 4.68. The Morgan fingerprint density at radius 1 is 0.821 bits per heavy atom. The van der Waals surface area contributed by atoms with Gasteiger partial charge in [0.15, 0.2) is 0 Å². The van der Waals surface area contributed by atoms with Crippen molar-refractivity contribution in [2.45, 2.75) is 0 Å². The van der Waals surface area contributed by atoms with Gasteiger partial charge in [-0.3, -0.25) is 4.79 Å². The highest BCUT2D eigenvalue weighted by Gasteiger charge is 2.12. The Morgan fingerprint density at radius 3 is 1.96 bits per heavy atom. The molecule has 0 bridgehead atoms. The molecule has 0 unspecified atom stereocenters. The minimum atomic E-state index is -0.419. The van der Waals surface area contributed by atoms with E-state index in [4.69, 9.17) is 0 Å². The predicted molar refractivity (Wildman–Crippen MR) is 104 cm³/mol. The van der Waals surface area contributed by atoms with Crippen LogP contribution in [0.2, 0.25) is 0 Å². The molecule has 1 aromatic heterocycles. The predicted octanol–water partition coefficient (Wildman–Crippen LogP) is 4.63. The molecule has 138 valence electrons. The molecule has 0 fully saturated rings. The van der Waals surface area contributed by atoms with Crippen LogP contribution >= 0.6 is 0 Å². The van der Waals surface area contributed by atoms with Crippen LogP contribution < -0.4 is 5.43 Å². The molecule has 1 heterocycles. The summed E-state index contributed by atoms with van der Waals surface area (Å²) in [6.45, 7) is 0. The maximum Gasteiger partial charge on any atom is 0.287 e. The van der Waals surface area contributed by atoms with E-state index in [1.54, 1.807) is 30.3 Å². The third-order valence-electron chi connectivity index (χ3n) is 4.28. The van der Waals surface area contributed by atoms with Crippen molar-refractivity contribution in [2.75, 3.05) is 0 Å². The summed E-state index contributed by atoms with van der Waals surface area (Å²) in [7, 11) is 0. The molecular formula is C22H15F2N3O. The molecule has 0 aliphatic carbocycles. The number of aromatic nitrogens is 1. The Labute approximate surface area is 159 Å². The molecule has 6 heteroatoms. The summed E-state index contributed by atoms with van der Waals surface area (Å²) in [4.78, 5) is 15.6. The quantitative estimate of drug-likeness (QED) is 0.397. The van der Waals surface area contributed by atoms with Gasteiger partial charge in [0, 0.05) is 22.0 Å². The Morgan fingerprint density at radius 2 is 1.39 bits per heavy atom. The first-order chi connectivity index (χ1) is 13.6. The molecule has 0 spiro atoms. The summed E-state index contributed by atoms with van der Waals surface area (Å²) in [5.41, 5.74) is 5.29. The molecule has 2 N–H and O–H groups in total. The number of benzene rings is 3. The van der Waals surface area contributed by atoms with Crippen LogP contribution in [-0.4, -0.2) is 16.6 Å². The van der Waals surface area contributed by atoms with E-state index in [0.717, 1.165) is 10.9 Å². The Bertz CT molecular complexity index is 1080. The number of halogens is 2. The standard InChI is InChI=1S/C22H15F2N3O/c23-17-9-5-14(6-10-17)21(15-7-11-18(24)12-8-15)26-27-22(28)20-13-16-3-1-2-4-19(16)25-20/h1-13,25H,(H,27,28). The van der Waals surface area contributed by atoms with Gasteiger partial charge in [0.2, 0.25) is 0 Å². The van der Waals surface area contributed by atoms with Crippen LogP contribution in [0.4, 0.5) is 8.78 Å². The van der Waals surface area contributed by atoms with E-state index in [-0.39, 0.29) is 11.6 Å². The molecule has 0 aliphatic rings. The lowest BCUT2D eigenvalue weighted by atomic mass is 10.0. The van der Waals surface area contributed by atoms with Crippen molar-refractivity contribution < 1.29 is 13.6 Å². The van der Waals surface area contributed by atoms with E-state index in [2.05, 4.69) is 15.5 Å². The second-order valence-electron chi connectivity index (χ2n) is 6.19. The SMILES string of the molecule is O=C(NN=C(c1ccc(F)cc1)c1ccc(F)cc1)c1cc2ccccc2[nH]1. The first-order valence-corrected chi connectivity index (χ1v) is 8.58. The molecule has 0 saturated carbocycles. The number of rotatable bonds is 4. The van der Waals surface area contributed by atoms with Crippen LogP contribution in [-0.2, 0) is 0 Å². The topological polar surface area (TPSA) is 57.2 Å². The van der Waals surface area contributed by atoms with Gasteiger partial charge in [-0.25, -0.2) is 14.2 Å². The lowest BCUT2D eigenvalue weighted by molar-refractivity contribution is 0.0951. The molecular weight excluding hydrogens is 360 g/mol. The van der Waals surface area contributed by atoms with Crippen molar-refractivity contribution in [2.24, 2.45) is 5.10 Å². The Balaban J connectivity index is 1.67. The first-order valence-electron chi connectivity index (χ1n) is 8.58. The molecule has 1 amide bonds. The minimum Gasteiger partial charge on any atom is -0.350 e. The first kappa shape index (κ1) is 17.6. The van der Waals surface area contributed by atoms with E-state index in [0.29, 0.717) is 22.5 Å². The van der Waals surface area contributed by atoms with Crippen molar-refractivity contribution in [1.29, 1.82) is 0 Å². The number of carbonyl (C=O) groups excluding carboxylic acids is 1. The fourth-order valence-corrected chi connectivity index (χ4v) is 2.87. The normalized spacial score (nSPS) is 10.6. The molecule has 0 aliphatic heterocycles. The maximum absolute atomic E-state index is 13.3. The van der Waals surface area contributed by atoms with E-state index in [9.17, 15) is 13.6 Å². The minimum absolute atomic E-state index is 0.363. The molecule has 0 radical (unpaired) electrons. The van der Waals surface area contributed by atoms with E-state index in [1.807, 2.05) is 24.3 Å². The summed E-state index contributed by atoms with van der Waals surface area (Å²) < 4.78 is 26.6. The van der Waals surface area contributed by atoms with Crippen LogP contribution in [0.5, 0.6) is 0 Å². The van der Waals surface area contributed by atoms with Crippen molar-refractivity contribution >= 4 is 22.5 Å². The molecule has 0 saturated heterocycles. The lowest BCUT2D eigenvalue weighted by Gasteiger charge is -2.08. The number of para-hydroxylation sites is 1. The number of hydrazone groups is 1. The second-order valence-corrected chi connectivity index (χ2v) is 6.19. The summed E-state index contributed by atoms with van der Waals surface area (Å²) in [5.74, 6) is -1.19. The lowest BCUT2D eigenvalue weighted by Crippen LogP contribution is -2.21. The van der Waals surface area contributed by atoms with Gasteiger partial charge in [-0.1, -0.05) is 18.2 Å². The van der Waals surface area contributed by atoms with Gasteiger partial charge in [-0.15, -0.1) is 0 Å². The van der Waals surface area contributed by atoms with E-state index in [1.165, 1.54) is 24.3 Å². The number of hydrogen-bond donors (Lipinski definition) is 2. The molecule has 3 aromatic carbocycles. The fraction of sp³-hybridized carbons (Fsp3) is 0. The third kappa shape index (κ3) is 3.66.